The predicted molar refractivity (Wildman–Crippen MR) is 62.9 cm³/mol. The first-order valence-corrected chi connectivity index (χ1v) is 6.68. The van der Waals surface area contributed by atoms with Gasteiger partial charge in [0, 0.05) is 33.4 Å². The van der Waals surface area contributed by atoms with Crippen molar-refractivity contribution in [2.24, 2.45) is 0 Å². The Kier molecular flexibility index (Phi) is 7.28. The fourth-order valence-electron chi connectivity index (χ4n) is 1.07. The molecule has 0 radical (unpaired) electrons. The maximum Gasteiger partial charge on any atom is 0.304 e. The van der Waals surface area contributed by atoms with Gasteiger partial charge in [0.15, 0.2) is 0 Å². The standard InChI is InChI=1S/C9H20N2O5S/c1-8(5-7-16-3)10-17(14,15)11(2)6-4-9(12)13/h8,10H,4-7H2,1-3H3,(H,12,13). The average Bonchev–Trinajstić information content (AvgIpc) is 2.22. The summed E-state index contributed by atoms with van der Waals surface area (Å²) < 4.78 is 31.7. The first kappa shape index (κ1) is 16.3. The molecule has 0 heterocycles. The van der Waals surface area contributed by atoms with Gasteiger partial charge in [-0.3, -0.25) is 4.79 Å². The third kappa shape index (κ3) is 7.27. The fourth-order valence-corrected chi connectivity index (χ4v) is 2.21. The molecule has 0 saturated heterocycles. The van der Waals surface area contributed by atoms with E-state index in [-0.39, 0.29) is 19.0 Å². The topological polar surface area (TPSA) is 95.9 Å². The summed E-state index contributed by atoms with van der Waals surface area (Å²) >= 11 is 0. The molecule has 0 aliphatic carbocycles. The summed E-state index contributed by atoms with van der Waals surface area (Å²) in [6.07, 6.45) is 0.340. The van der Waals surface area contributed by atoms with Crippen molar-refractivity contribution < 1.29 is 23.1 Å². The second kappa shape index (κ2) is 7.59. The van der Waals surface area contributed by atoms with Crippen LogP contribution in [-0.2, 0) is 19.7 Å². The molecular formula is C9H20N2O5S. The number of hydrogen-bond donors (Lipinski definition) is 2. The second-order valence-corrected chi connectivity index (χ2v) is 5.58. The minimum absolute atomic E-state index is 0.0539. The molecule has 2 N–H and O–H groups in total. The largest absolute Gasteiger partial charge is 0.481 e. The van der Waals surface area contributed by atoms with Crippen LogP contribution in [0.3, 0.4) is 0 Å². The van der Waals surface area contributed by atoms with Crippen LogP contribution < -0.4 is 4.72 Å². The van der Waals surface area contributed by atoms with Gasteiger partial charge in [-0.2, -0.15) is 17.4 Å². The predicted octanol–water partition coefficient (Wildman–Crippen LogP) is -0.348. The highest BCUT2D eigenvalue weighted by atomic mass is 32.2. The number of ether oxygens (including phenoxy) is 1. The first-order chi connectivity index (χ1) is 7.79. The molecule has 0 rings (SSSR count). The Morgan fingerprint density at radius 3 is 2.59 bits per heavy atom. The van der Waals surface area contributed by atoms with Gasteiger partial charge in [-0.1, -0.05) is 0 Å². The molecule has 1 unspecified atom stereocenters. The van der Waals surface area contributed by atoms with Gasteiger partial charge in [-0.15, -0.1) is 0 Å². The molecule has 0 aromatic rings. The average molecular weight is 268 g/mol. The fraction of sp³-hybridized carbons (Fsp3) is 0.889. The molecule has 1 atom stereocenters. The molecule has 0 aliphatic heterocycles. The summed E-state index contributed by atoms with van der Waals surface area (Å²) in [4.78, 5) is 10.3. The summed E-state index contributed by atoms with van der Waals surface area (Å²) in [5, 5.41) is 8.47. The number of nitrogens with zero attached hydrogens (tertiary/aromatic N) is 1. The lowest BCUT2D eigenvalue weighted by Gasteiger charge is -2.20. The Bertz CT molecular complexity index is 330. The molecule has 0 amide bonds. The molecule has 0 saturated carbocycles. The van der Waals surface area contributed by atoms with Crippen LogP contribution in [0.15, 0.2) is 0 Å². The zero-order valence-electron chi connectivity index (χ0n) is 10.3. The van der Waals surface area contributed by atoms with Crippen molar-refractivity contribution in [3.8, 4) is 0 Å². The van der Waals surface area contributed by atoms with E-state index in [1.807, 2.05) is 0 Å². The van der Waals surface area contributed by atoms with E-state index < -0.39 is 16.2 Å². The third-order valence-electron chi connectivity index (χ3n) is 2.16. The lowest BCUT2D eigenvalue weighted by molar-refractivity contribution is -0.137. The Morgan fingerprint density at radius 2 is 2.12 bits per heavy atom. The number of nitrogens with one attached hydrogen (secondary N) is 1. The van der Waals surface area contributed by atoms with E-state index in [0.29, 0.717) is 13.0 Å². The number of hydrogen-bond acceptors (Lipinski definition) is 4. The SMILES string of the molecule is COCCC(C)NS(=O)(=O)N(C)CCC(=O)O. The third-order valence-corrected chi connectivity index (χ3v) is 3.86. The highest BCUT2D eigenvalue weighted by Crippen LogP contribution is 2.00. The highest BCUT2D eigenvalue weighted by molar-refractivity contribution is 7.87. The van der Waals surface area contributed by atoms with Gasteiger partial charge in [0.05, 0.1) is 6.42 Å². The Hall–Kier alpha value is -0.700. The lowest BCUT2D eigenvalue weighted by Crippen LogP contribution is -2.43. The first-order valence-electron chi connectivity index (χ1n) is 5.24. The van der Waals surface area contributed by atoms with Crippen LogP contribution in [0.5, 0.6) is 0 Å². The molecule has 0 aromatic heterocycles. The molecule has 0 aromatic carbocycles. The molecule has 17 heavy (non-hydrogen) atoms. The van der Waals surface area contributed by atoms with Crippen LogP contribution in [0.25, 0.3) is 0 Å². The van der Waals surface area contributed by atoms with Crippen LogP contribution in [0.1, 0.15) is 19.8 Å². The van der Waals surface area contributed by atoms with Gasteiger partial charge in [0.1, 0.15) is 0 Å². The molecule has 0 bridgehead atoms. The van der Waals surface area contributed by atoms with E-state index in [0.717, 1.165) is 4.31 Å². The molecule has 7 nitrogen and oxygen atoms in total. The van der Waals surface area contributed by atoms with Crippen LogP contribution >= 0.6 is 0 Å². The summed E-state index contributed by atoms with van der Waals surface area (Å²) in [6, 6.07) is -0.257. The number of methoxy groups -OCH3 is 1. The Labute approximate surface area is 102 Å². The second-order valence-electron chi connectivity index (χ2n) is 3.77. The van der Waals surface area contributed by atoms with Gasteiger partial charge in [-0.05, 0) is 13.3 Å². The van der Waals surface area contributed by atoms with Crippen molar-refractivity contribution in [3.63, 3.8) is 0 Å². The molecule has 8 heteroatoms. The van der Waals surface area contributed by atoms with Gasteiger partial charge in [0.25, 0.3) is 10.2 Å². The minimum Gasteiger partial charge on any atom is -0.481 e. The van der Waals surface area contributed by atoms with Crippen LogP contribution in [0, 0.1) is 0 Å². The van der Waals surface area contributed by atoms with E-state index in [4.69, 9.17) is 9.84 Å². The van der Waals surface area contributed by atoms with E-state index in [9.17, 15) is 13.2 Å². The van der Waals surface area contributed by atoms with Crippen molar-refractivity contribution >= 4 is 16.2 Å². The van der Waals surface area contributed by atoms with Crippen LogP contribution in [0.2, 0.25) is 0 Å². The number of carboxylic acid groups (broad SMARTS) is 1. The van der Waals surface area contributed by atoms with Gasteiger partial charge >= 0.3 is 5.97 Å². The number of rotatable bonds is 9. The van der Waals surface area contributed by atoms with Crippen molar-refractivity contribution in [3.05, 3.63) is 0 Å². The van der Waals surface area contributed by atoms with E-state index in [1.54, 1.807) is 14.0 Å². The van der Waals surface area contributed by atoms with Gasteiger partial charge in [-0.25, -0.2) is 0 Å². The Balaban J connectivity index is 4.21. The molecule has 0 fully saturated rings. The smallest absolute Gasteiger partial charge is 0.304 e. The zero-order chi connectivity index (χ0) is 13.5. The molecule has 0 aliphatic rings. The van der Waals surface area contributed by atoms with Gasteiger partial charge in [0.2, 0.25) is 0 Å². The number of aliphatic carboxylic acids is 1. The maximum absolute atomic E-state index is 11.7. The van der Waals surface area contributed by atoms with E-state index in [1.165, 1.54) is 7.05 Å². The summed E-state index contributed by atoms with van der Waals surface area (Å²) in [6.45, 7) is 2.13. The van der Waals surface area contributed by atoms with Crippen molar-refractivity contribution in [2.75, 3.05) is 27.3 Å². The lowest BCUT2D eigenvalue weighted by atomic mass is 10.3. The number of carbonyl (C=O) groups is 1. The van der Waals surface area contributed by atoms with E-state index in [2.05, 4.69) is 4.72 Å². The van der Waals surface area contributed by atoms with Crippen LogP contribution in [0.4, 0.5) is 0 Å². The van der Waals surface area contributed by atoms with Crippen LogP contribution in [-0.4, -0.2) is 57.1 Å². The number of carboxylic acids is 1. The monoisotopic (exact) mass is 268 g/mol. The quantitative estimate of drug-likeness (QED) is 0.596. The Morgan fingerprint density at radius 1 is 1.53 bits per heavy atom. The summed E-state index contributed by atoms with van der Waals surface area (Å²) in [5.74, 6) is -1.03. The van der Waals surface area contributed by atoms with Crippen molar-refractivity contribution in [1.82, 2.24) is 9.03 Å². The van der Waals surface area contributed by atoms with Gasteiger partial charge < -0.3 is 9.84 Å². The summed E-state index contributed by atoms with van der Waals surface area (Å²) in [5.41, 5.74) is 0. The molecule has 0 spiro atoms. The summed E-state index contributed by atoms with van der Waals surface area (Å²) in [7, 11) is -0.738. The highest BCUT2D eigenvalue weighted by Gasteiger charge is 2.20. The minimum atomic E-state index is -3.62. The maximum atomic E-state index is 11.7. The van der Waals surface area contributed by atoms with Crippen molar-refractivity contribution in [2.45, 2.75) is 25.8 Å². The van der Waals surface area contributed by atoms with Crippen molar-refractivity contribution in [1.29, 1.82) is 0 Å². The zero-order valence-corrected chi connectivity index (χ0v) is 11.2. The van der Waals surface area contributed by atoms with E-state index >= 15 is 0 Å². The normalized spacial score (nSPS) is 13.9. The molecule has 102 valence electrons. The molecular weight excluding hydrogens is 248 g/mol.